The average Bonchev–Trinajstić information content (AvgIpc) is 3.08. The molecule has 4 rings (SSSR count). The fourth-order valence-electron chi connectivity index (χ4n) is 2.78. The lowest BCUT2D eigenvalue weighted by Crippen LogP contribution is -2.08. The Labute approximate surface area is 160 Å². The number of imidazole rings is 1. The fraction of sp³-hybridized carbons (Fsp3) is 0.105. The first kappa shape index (κ1) is 18.8. The number of fused-ring (bicyclic) bond motifs is 1. The largest absolute Gasteiger partial charge is 0.487 e. The SMILES string of the molecule is Fc1ccc(-c2cnc3nc(COc4ccnc(F)c4)cn3c2)c(C(F)(F)F)c1. The monoisotopic (exact) mass is 406 g/mol. The first-order valence-corrected chi connectivity index (χ1v) is 8.25. The Hall–Kier alpha value is -3.56. The van der Waals surface area contributed by atoms with E-state index in [1.54, 1.807) is 0 Å². The van der Waals surface area contributed by atoms with Gasteiger partial charge in [-0.15, -0.1) is 0 Å². The molecule has 0 atom stereocenters. The van der Waals surface area contributed by atoms with Gasteiger partial charge in [-0.05, 0) is 23.8 Å². The summed E-state index contributed by atoms with van der Waals surface area (Å²) in [5.41, 5.74) is -0.720. The lowest BCUT2D eigenvalue weighted by molar-refractivity contribution is -0.137. The maximum atomic E-state index is 13.3. The predicted molar refractivity (Wildman–Crippen MR) is 91.9 cm³/mol. The van der Waals surface area contributed by atoms with Crippen LogP contribution in [0.5, 0.6) is 5.75 Å². The molecular weight excluding hydrogens is 395 g/mol. The summed E-state index contributed by atoms with van der Waals surface area (Å²) >= 11 is 0. The highest BCUT2D eigenvalue weighted by atomic mass is 19.4. The highest BCUT2D eigenvalue weighted by Crippen LogP contribution is 2.37. The van der Waals surface area contributed by atoms with Crippen LogP contribution in [0.1, 0.15) is 11.3 Å². The summed E-state index contributed by atoms with van der Waals surface area (Å²) in [4.78, 5) is 11.7. The molecule has 148 valence electrons. The van der Waals surface area contributed by atoms with E-state index in [1.165, 1.54) is 35.3 Å². The van der Waals surface area contributed by atoms with E-state index in [-0.39, 0.29) is 29.3 Å². The van der Waals surface area contributed by atoms with Crippen molar-refractivity contribution in [3.8, 4) is 16.9 Å². The van der Waals surface area contributed by atoms with E-state index < -0.39 is 23.5 Å². The van der Waals surface area contributed by atoms with E-state index in [9.17, 15) is 22.0 Å². The van der Waals surface area contributed by atoms with Gasteiger partial charge in [-0.2, -0.15) is 17.6 Å². The van der Waals surface area contributed by atoms with Gasteiger partial charge in [0.1, 0.15) is 18.2 Å². The van der Waals surface area contributed by atoms with Gasteiger partial charge >= 0.3 is 6.18 Å². The van der Waals surface area contributed by atoms with Crippen LogP contribution in [0.25, 0.3) is 16.9 Å². The van der Waals surface area contributed by atoms with Crippen LogP contribution in [-0.2, 0) is 12.8 Å². The zero-order chi connectivity index (χ0) is 20.6. The van der Waals surface area contributed by atoms with Gasteiger partial charge in [0.25, 0.3) is 0 Å². The molecule has 0 bridgehead atoms. The number of alkyl halides is 3. The lowest BCUT2D eigenvalue weighted by atomic mass is 10.0. The summed E-state index contributed by atoms with van der Waals surface area (Å²) < 4.78 is 73.1. The third kappa shape index (κ3) is 4.00. The molecule has 0 aliphatic carbocycles. The molecular formula is C19H11F5N4O. The van der Waals surface area contributed by atoms with Crippen LogP contribution < -0.4 is 4.74 Å². The van der Waals surface area contributed by atoms with Gasteiger partial charge in [-0.1, -0.05) is 6.07 Å². The molecule has 0 saturated carbocycles. The number of hydrogen-bond acceptors (Lipinski definition) is 4. The first-order chi connectivity index (χ1) is 13.8. The van der Waals surface area contributed by atoms with Crippen molar-refractivity contribution in [2.24, 2.45) is 0 Å². The van der Waals surface area contributed by atoms with E-state index in [1.807, 2.05) is 0 Å². The maximum absolute atomic E-state index is 13.3. The summed E-state index contributed by atoms with van der Waals surface area (Å²) in [6.45, 7) is -0.00744. The molecule has 0 unspecified atom stereocenters. The van der Waals surface area contributed by atoms with Crippen LogP contribution in [-0.4, -0.2) is 19.4 Å². The number of ether oxygens (including phenoxy) is 1. The van der Waals surface area contributed by atoms with Gasteiger partial charge in [0.05, 0.1) is 11.3 Å². The molecule has 5 nitrogen and oxygen atoms in total. The lowest BCUT2D eigenvalue weighted by Gasteiger charge is -2.13. The van der Waals surface area contributed by atoms with Crippen molar-refractivity contribution < 1.29 is 26.7 Å². The first-order valence-electron chi connectivity index (χ1n) is 8.25. The smallest absolute Gasteiger partial charge is 0.417 e. The zero-order valence-corrected chi connectivity index (χ0v) is 14.5. The molecule has 0 amide bonds. The number of benzene rings is 1. The average molecular weight is 406 g/mol. The van der Waals surface area contributed by atoms with Crippen molar-refractivity contribution in [3.63, 3.8) is 0 Å². The van der Waals surface area contributed by atoms with E-state index in [0.29, 0.717) is 11.8 Å². The van der Waals surface area contributed by atoms with Crippen LogP contribution in [0.15, 0.2) is 55.1 Å². The second kappa shape index (κ2) is 7.12. The summed E-state index contributed by atoms with van der Waals surface area (Å²) in [6, 6.07) is 5.04. The number of nitrogens with zero attached hydrogens (tertiary/aromatic N) is 4. The standard InChI is InChI=1S/C19H11F5N4O/c20-12-1-2-15(16(5-12)19(22,23)24)11-7-26-18-27-13(9-28(18)8-11)10-29-14-3-4-25-17(21)6-14/h1-9H,10H2. The Kier molecular flexibility index (Phi) is 4.61. The Bertz CT molecular complexity index is 1190. The Morgan fingerprint density at radius 1 is 1.00 bits per heavy atom. The molecule has 4 aromatic rings. The molecule has 0 radical (unpaired) electrons. The van der Waals surface area contributed by atoms with Gasteiger partial charge in [-0.25, -0.2) is 19.3 Å². The fourth-order valence-corrected chi connectivity index (χ4v) is 2.78. The summed E-state index contributed by atoms with van der Waals surface area (Å²) in [7, 11) is 0. The zero-order valence-electron chi connectivity index (χ0n) is 14.5. The third-order valence-corrected chi connectivity index (χ3v) is 4.04. The minimum absolute atomic E-state index is 0.00744. The molecule has 0 spiro atoms. The van der Waals surface area contributed by atoms with E-state index in [4.69, 9.17) is 4.74 Å². The molecule has 3 aromatic heterocycles. The van der Waals surface area contributed by atoms with Gasteiger partial charge in [0.15, 0.2) is 0 Å². The molecule has 3 heterocycles. The summed E-state index contributed by atoms with van der Waals surface area (Å²) in [5, 5.41) is 0. The Morgan fingerprint density at radius 2 is 1.83 bits per heavy atom. The molecule has 0 aliphatic heterocycles. The summed E-state index contributed by atoms with van der Waals surface area (Å²) in [5.74, 6) is -1.18. The highest BCUT2D eigenvalue weighted by Gasteiger charge is 2.34. The molecule has 1 aromatic carbocycles. The van der Waals surface area contributed by atoms with Crippen molar-refractivity contribution in [3.05, 3.63) is 78.1 Å². The minimum atomic E-state index is -4.72. The van der Waals surface area contributed by atoms with Crippen molar-refractivity contribution in [1.29, 1.82) is 0 Å². The van der Waals surface area contributed by atoms with Crippen LogP contribution in [0.3, 0.4) is 0 Å². The van der Waals surface area contributed by atoms with Crippen molar-refractivity contribution in [2.45, 2.75) is 12.8 Å². The molecule has 0 N–H and O–H groups in total. The van der Waals surface area contributed by atoms with Crippen molar-refractivity contribution >= 4 is 5.78 Å². The Morgan fingerprint density at radius 3 is 2.59 bits per heavy atom. The van der Waals surface area contributed by atoms with Gasteiger partial charge in [0, 0.05) is 36.4 Å². The van der Waals surface area contributed by atoms with E-state index in [0.717, 1.165) is 18.2 Å². The molecule has 10 heteroatoms. The number of aromatic nitrogens is 4. The van der Waals surface area contributed by atoms with Crippen molar-refractivity contribution in [1.82, 2.24) is 19.4 Å². The van der Waals surface area contributed by atoms with Gasteiger partial charge in [-0.3, -0.25) is 4.40 Å². The number of hydrogen-bond donors (Lipinski definition) is 0. The van der Waals surface area contributed by atoms with E-state index >= 15 is 0 Å². The molecule has 29 heavy (non-hydrogen) atoms. The van der Waals surface area contributed by atoms with Crippen LogP contribution in [0, 0.1) is 11.8 Å². The van der Waals surface area contributed by atoms with E-state index in [2.05, 4.69) is 15.0 Å². The van der Waals surface area contributed by atoms with Crippen LogP contribution in [0.2, 0.25) is 0 Å². The minimum Gasteiger partial charge on any atom is -0.487 e. The highest BCUT2D eigenvalue weighted by molar-refractivity contribution is 5.67. The quantitative estimate of drug-likeness (QED) is 0.365. The Balaban J connectivity index is 1.64. The normalized spacial score (nSPS) is 11.8. The predicted octanol–water partition coefficient (Wildman–Crippen LogP) is 4.67. The third-order valence-electron chi connectivity index (χ3n) is 4.04. The van der Waals surface area contributed by atoms with Gasteiger partial charge < -0.3 is 4.74 Å². The maximum Gasteiger partial charge on any atom is 0.417 e. The number of rotatable bonds is 4. The molecule has 0 aliphatic rings. The molecule has 0 fully saturated rings. The second-order valence-electron chi connectivity index (χ2n) is 6.07. The van der Waals surface area contributed by atoms with Crippen LogP contribution in [0.4, 0.5) is 22.0 Å². The topological polar surface area (TPSA) is 52.3 Å². The molecule has 0 saturated heterocycles. The van der Waals surface area contributed by atoms with Gasteiger partial charge in [0.2, 0.25) is 11.7 Å². The second-order valence-corrected chi connectivity index (χ2v) is 6.07. The summed E-state index contributed by atoms with van der Waals surface area (Å²) in [6.07, 6.45) is 0.699. The van der Waals surface area contributed by atoms with Crippen molar-refractivity contribution in [2.75, 3.05) is 0 Å². The number of halogens is 5. The van der Waals surface area contributed by atoms with Crippen LogP contribution >= 0.6 is 0 Å². The number of pyridine rings is 1.